The maximum atomic E-state index is 12.7. The number of aryl methyl sites for hydroxylation is 1. The summed E-state index contributed by atoms with van der Waals surface area (Å²) in [6, 6.07) is 8.01. The molecule has 2 heterocycles. The van der Waals surface area contributed by atoms with Gasteiger partial charge in [0, 0.05) is 37.8 Å². The second kappa shape index (κ2) is 7.38. The number of H-pyrrole nitrogens is 1. The number of benzene rings is 1. The molecule has 1 aliphatic rings. The van der Waals surface area contributed by atoms with Gasteiger partial charge in [0.15, 0.2) is 0 Å². The van der Waals surface area contributed by atoms with Gasteiger partial charge >= 0.3 is 0 Å². The zero-order valence-electron chi connectivity index (χ0n) is 14.7. The molecular formula is C18H20N4O4. The van der Waals surface area contributed by atoms with E-state index in [1.54, 1.807) is 29.0 Å². The van der Waals surface area contributed by atoms with E-state index in [0.29, 0.717) is 31.7 Å². The summed E-state index contributed by atoms with van der Waals surface area (Å²) in [7, 11) is 1.59. The second-order valence-corrected chi connectivity index (χ2v) is 6.08. The lowest BCUT2D eigenvalue weighted by molar-refractivity contribution is 0.0531. The molecule has 1 saturated heterocycles. The minimum Gasteiger partial charge on any atom is -0.496 e. The summed E-state index contributed by atoms with van der Waals surface area (Å²) in [5.41, 5.74) is 1.34. The summed E-state index contributed by atoms with van der Waals surface area (Å²) < 4.78 is 5.22. The summed E-state index contributed by atoms with van der Waals surface area (Å²) in [5, 5.41) is 6.02. The van der Waals surface area contributed by atoms with E-state index in [1.165, 1.54) is 12.1 Å². The van der Waals surface area contributed by atoms with Crippen molar-refractivity contribution in [2.75, 3.05) is 33.3 Å². The Kier molecular flexibility index (Phi) is 5.01. The van der Waals surface area contributed by atoms with Gasteiger partial charge in [-0.15, -0.1) is 0 Å². The Bertz CT molecular complexity index is 865. The molecule has 0 radical (unpaired) electrons. The highest BCUT2D eigenvalue weighted by Crippen LogP contribution is 2.20. The van der Waals surface area contributed by atoms with Crippen LogP contribution in [0.3, 0.4) is 0 Å². The molecule has 8 heteroatoms. The third kappa shape index (κ3) is 3.58. The van der Waals surface area contributed by atoms with Gasteiger partial charge in [0.05, 0.1) is 7.11 Å². The van der Waals surface area contributed by atoms with Crippen molar-refractivity contribution in [3.8, 4) is 5.75 Å². The number of aromatic amines is 1. The van der Waals surface area contributed by atoms with E-state index in [2.05, 4.69) is 10.2 Å². The number of hydrogen-bond donors (Lipinski definition) is 1. The molecule has 8 nitrogen and oxygen atoms in total. The van der Waals surface area contributed by atoms with Crippen molar-refractivity contribution in [3.05, 3.63) is 57.5 Å². The van der Waals surface area contributed by atoms with Gasteiger partial charge in [0.25, 0.3) is 17.4 Å². The average Bonchev–Trinajstić information content (AvgIpc) is 2.67. The van der Waals surface area contributed by atoms with E-state index in [0.717, 1.165) is 11.3 Å². The minimum atomic E-state index is -0.355. The zero-order chi connectivity index (χ0) is 18.7. The van der Waals surface area contributed by atoms with Crippen molar-refractivity contribution in [2.45, 2.75) is 6.92 Å². The third-order valence-corrected chi connectivity index (χ3v) is 4.39. The van der Waals surface area contributed by atoms with Crippen molar-refractivity contribution in [3.63, 3.8) is 0 Å². The molecule has 1 N–H and O–H groups in total. The van der Waals surface area contributed by atoms with Crippen LogP contribution in [-0.2, 0) is 0 Å². The first-order valence-corrected chi connectivity index (χ1v) is 8.28. The number of hydrogen-bond acceptors (Lipinski definition) is 5. The first-order chi connectivity index (χ1) is 12.5. The van der Waals surface area contributed by atoms with Crippen LogP contribution in [0.5, 0.6) is 5.75 Å². The summed E-state index contributed by atoms with van der Waals surface area (Å²) in [6.45, 7) is 3.61. The van der Waals surface area contributed by atoms with Gasteiger partial charge in [-0.25, -0.2) is 5.10 Å². The minimum absolute atomic E-state index is 0.0648. The van der Waals surface area contributed by atoms with Crippen molar-refractivity contribution in [2.24, 2.45) is 0 Å². The highest BCUT2D eigenvalue weighted by atomic mass is 16.5. The smallest absolute Gasteiger partial charge is 0.274 e. The third-order valence-electron chi connectivity index (χ3n) is 4.39. The number of piperazine rings is 1. The number of nitrogens with zero attached hydrogens (tertiary/aromatic N) is 3. The van der Waals surface area contributed by atoms with Crippen LogP contribution in [0.4, 0.5) is 0 Å². The number of methoxy groups -OCH3 is 1. The fraction of sp³-hybridized carbons (Fsp3) is 0.333. The molecule has 1 aromatic carbocycles. The van der Waals surface area contributed by atoms with E-state index in [9.17, 15) is 14.4 Å². The zero-order valence-corrected chi connectivity index (χ0v) is 14.7. The standard InChI is InChI=1S/C18H20N4O4/c1-12-11-13(3-5-15(12)26-2)17(24)21-7-9-22(10-8-21)18(25)14-4-6-16(23)20-19-14/h3-6,11H,7-10H2,1-2H3,(H,20,23). The Labute approximate surface area is 150 Å². The Morgan fingerprint density at radius 2 is 1.69 bits per heavy atom. The lowest BCUT2D eigenvalue weighted by Gasteiger charge is -2.34. The van der Waals surface area contributed by atoms with E-state index < -0.39 is 0 Å². The van der Waals surface area contributed by atoms with Crippen LogP contribution in [0, 0.1) is 6.92 Å². The molecule has 3 rings (SSSR count). The molecular weight excluding hydrogens is 336 g/mol. The lowest BCUT2D eigenvalue weighted by Crippen LogP contribution is -2.50. The van der Waals surface area contributed by atoms with Gasteiger partial charge in [0.1, 0.15) is 11.4 Å². The molecule has 1 fully saturated rings. The molecule has 26 heavy (non-hydrogen) atoms. The van der Waals surface area contributed by atoms with Gasteiger partial charge in [0.2, 0.25) is 0 Å². The van der Waals surface area contributed by atoms with Crippen LogP contribution in [-0.4, -0.2) is 65.1 Å². The second-order valence-electron chi connectivity index (χ2n) is 6.08. The number of nitrogens with one attached hydrogen (secondary N) is 1. The highest BCUT2D eigenvalue weighted by molar-refractivity contribution is 5.95. The van der Waals surface area contributed by atoms with Crippen LogP contribution in [0.25, 0.3) is 0 Å². The van der Waals surface area contributed by atoms with Crippen LogP contribution in [0.15, 0.2) is 35.1 Å². The fourth-order valence-corrected chi connectivity index (χ4v) is 2.93. The topological polar surface area (TPSA) is 95.6 Å². The molecule has 0 bridgehead atoms. The quantitative estimate of drug-likeness (QED) is 0.873. The summed E-state index contributed by atoms with van der Waals surface area (Å²) in [4.78, 5) is 39.5. The first-order valence-electron chi connectivity index (χ1n) is 8.28. The summed E-state index contributed by atoms with van der Waals surface area (Å²) in [5.74, 6) is 0.420. The molecule has 136 valence electrons. The SMILES string of the molecule is COc1ccc(C(=O)N2CCN(C(=O)c3ccc(=O)[nH]n3)CC2)cc1C. The van der Waals surface area contributed by atoms with E-state index in [1.807, 2.05) is 13.0 Å². The molecule has 0 saturated carbocycles. The largest absolute Gasteiger partial charge is 0.496 e. The highest BCUT2D eigenvalue weighted by Gasteiger charge is 2.26. The summed E-state index contributed by atoms with van der Waals surface area (Å²) in [6.07, 6.45) is 0. The van der Waals surface area contributed by atoms with Crippen LogP contribution < -0.4 is 10.3 Å². The molecule has 2 aromatic rings. The number of rotatable bonds is 3. The maximum Gasteiger partial charge on any atom is 0.274 e. The van der Waals surface area contributed by atoms with E-state index in [4.69, 9.17) is 4.74 Å². The normalized spacial score (nSPS) is 14.2. The van der Waals surface area contributed by atoms with Crippen molar-refractivity contribution >= 4 is 11.8 Å². The van der Waals surface area contributed by atoms with E-state index in [-0.39, 0.29) is 23.1 Å². The van der Waals surface area contributed by atoms with Gasteiger partial charge in [-0.3, -0.25) is 14.4 Å². The van der Waals surface area contributed by atoms with Crippen molar-refractivity contribution < 1.29 is 14.3 Å². The molecule has 1 aliphatic heterocycles. The van der Waals surface area contributed by atoms with Gasteiger partial charge in [-0.05, 0) is 36.8 Å². The monoisotopic (exact) mass is 356 g/mol. The van der Waals surface area contributed by atoms with Gasteiger partial charge in [-0.1, -0.05) is 0 Å². The van der Waals surface area contributed by atoms with Crippen LogP contribution in [0.2, 0.25) is 0 Å². The predicted molar refractivity (Wildman–Crippen MR) is 94.4 cm³/mol. The Hall–Kier alpha value is -3.16. The molecule has 1 aromatic heterocycles. The number of amides is 2. The van der Waals surface area contributed by atoms with Gasteiger partial charge < -0.3 is 14.5 Å². The number of ether oxygens (including phenoxy) is 1. The van der Waals surface area contributed by atoms with Crippen LogP contribution >= 0.6 is 0 Å². The Balaban J connectivity index is 1.63. The Morgan fingerprint density at radius 1 is 1.04 bits per heavy atom. The van der Waals surface area contributed by atoms with Crippen molar-refractivity contribution in [1.82, 2.24) is 20.0 Å². The summed E-state index contributed by atoms with van der Waals surface area (Å²) >= 11 is 0. The van der Waals surface area contributed by atoms with Crippen molar-refractivity contribution in [1.29, 1.82) is 0 Å². The lowest BCUT2D eigenvalue weighted by atomic mass is 10.1. The molecule has 0 spiro atoms. The fourth-order valence-electron chi connectivity index (χ4n) is 2.93. The first kappa shape index (κ1) is 17.7. The number of aromatic nitrogens is 2. The van der Waals surface area contributed by atoms with E-state index >= 15 is 0 Å². The average molecular weight is 356 g/mol. The predicted octanol–water partition coefficient (Wildman–Crippen LogP) is 0.685. The number of carbonyl (C=O) groups is 2. The maximum absolute atomic E-state index is 12.7. The molecule has 0 atom stereocenters. The Morgan fingerprint density at radius 3 is 2.23 bits per heavy atom. The molecule has 0 aliphatic carbocycles. The molecule has 2 amide bonds. The van der Waals surface area contributed by atoms with Crippen LogP contribution in [0.1, 0.15) is 26.4 Å². The van der Waals surface area contributed by atoms with Gasteiger partial charge in [-0.2, -0.15) is 5.10 Å². The molecule has 0 unspecified atom stereocenters. The number of carbonyl (C=O) groups excluding carboxylic acids is 2.